The Morgan fingerprint density at radius 2 is 1.47 bits per heavy atom. The van der Waals surface area contributed by atoms with Crippen molar-refractivity contribution in [1.82, 2.24) is 5.32 Å². The summed E-state index contributed by atoms with van der Waals surface area (Å²) < 4.78 is 43.1. The summed E-state index contributed by atoms with van der Waals surface area (Å²) in [5, 5.41) is 18.8. The predicted molar refractivity (Wildman–Crippen MR) is 111 cm³/mol. The van der Waals surface area contributed by atoms with Gasteiger partial charge in [0.25, 0.3) is 0 Å². The zero-order chi connectivity index (χ0) is 23.8. The van der Waals surface area contributed by atoms with E-state index in [2.05, 4.69) is 11.4 Å². The highest BCUT2D eigenvalue weighted by Gasteiger charge is 2.38. The molecule has 0 fully saturated rings. The summed E-state index contributed by atoms with van der Waals surface area (Å²) in [7, 11) is 0. The fraction of sp³-hybridized carbons (Fsp3) is 0.364. The van der Waals surface area contributed by atoms with Crippen molar-refractivity contribution in [3.63, 3.8) is 0 Å². The molecule has 2 rings (SSSR count). The van der Waals surface area contributed by atoms with E-state index in [0.717, 1.165) is 30.9 Å². The average Bonchev–Trinajstić information content (AvgIpc) is 2.74. The molecule has 0 aliphatic heterocycles. The second-order valence-electron chi connectivity index (χ2n) is 6.46. The van der Waals surface area contributed by atoms with Crippen molar-refractivity contribution in [1.29, 1.82) is 0 Å². The first kappa shape index (κ1) is 26.8. The Balaban J connectivity index is 0.000000633. The smallest absolute Gasteiger partial charge is 0.490 e. The Bertz CT molecular complexity index is 815. The number of ether oxygens (including phenoxy) is 2. The van der Waals surface area contributed by atoms with Crippen LogP contribution in [0.1, 0.15) is 18.4 Å². The number of rotatable bonds is 12. The van der Waals surface area contributed by atoms with Gasteiger partial charge in [-0.2, -0.15) is 13.2 Å². The number of carboxylic acids is 2. The van der Waals surface area contributed by atoms with Crippen LogP contribution in [0.25, 0.3) is 0 Å². The quantitative estimate of drug-likeness (QED) is 0.417. The zero-order valence-electron chi connectivity index (χ0n) is 17.3. The maximum absolute atomic E-state index is 10.6. The maximum atomic E-state index is 10.6. The van der Waals surface area contributed by atoms with Crippen LogP contribution in [0.15, 0.2) is 54.6 Å². The van der Waals surface area contributed by atoms with Gasteiger partial charge in [-0.1, -0.05) is 30.3 Å². The van der Waals surface area contributed by atoms with E-state index in [0.29, 0.717) is 19.8 Å². The standard InChI is InChI=1S/C20H25NO4.C2HF3O2/c22-20(23)11-13-21-12-5-7-17-6-4-10-19(16-17)25-15-14-24-18-8-2-1-3-9-18;3-2(4,5)1(6)7/h1-4,6,8-10,16,21H,5,7,11-15H2,(H,22,23);(H,6,7). The minimum atomic E-state index is -5.08. The summed E-state index contributed by atoms with van der Waals surface area (Å²) in [5.74, 6) is -1.84. The summed E-state index contributed by atoms with van der Waals surface area (Å²) in [5.41, 5.74) is 1.21. The van der Waals surface area contributed by atoms with Gasteiger partial charge in [-0.05, 0) is 49.2 Å². The Labute approximate surface area is 183 Å². The molecule has 0 aromatic heterocycles. The predicted octanol–water partition coefficient (Wildman–Crippen LogP) is 3.77. The lowest BCUT2D eigenvalue weighted by Gasteiger charge is -2.10. The number of hydrogen-bond donors (Lipinski definition) is 3. The third-order valence-electron chi connectivity index (χ3n) is 3.84. The van der Waals surface area contributed by atoms with Crippen molar-refractivity contribution in [2.75, 3.05) is 26.3 Å². The van der Waals surface area contributed by atoms with Crippen LogP contribution in [0.3, 0.4) is 0 Å². The number of hydrogen-bond acceptors (Lipinski definition) is 5. The van der Waals surface area contributed by atoms with Gasteiger partial charge in [-0.25, -0.2) is 4.79 Å². The minimum absolute atomic E-state index is 0.161. The molecule has 3 N–H and O–H groups in total. The van der Waals surface area contributed by atoms with Crippen LogP contribution < -0.4 is 14.8 Å². The van der Waals surface area contributed by atoms with Crippen LogP contribution in [-0.4, -0.2) is 54.6 Å². The normalized spacial score (nSPS) is 10.6. The van der Waals surface area contributed by atoms with Crippen molar-refractivity contribution >= 4 is 11.9 Å². The van der Waals surface area contributed by atoms with Gasteiger partial charge in [-0.15, -0.1) is 0 Å². The third kappa shape index (κ3) is 13.1. The van der Waals surface area contributed by atoms with E-state index < -0.39 is 18.1 Å². The van der Waals surface area contributed by atoms with Crippen molar-refractivity contribution in [3.05, 3.63) is 60.2 Å². The van der Waals surface area contributed by atoms with Gasteiger partial charge in [0.05, 0.1) is 6.42 Å². The topological polar surface area (TPSA) is 105 Å². The van der Waals surface area contributed by atoms with Crippen LogP contribution in [0, 0.1) is 0 Å². The van der Waals surface area contributed by atoms with Crippen LogP contribution in [0.5, 0.6) is 11.5 Å². The molecule has 176 valence electrons. The molecule has 0 aliphatic rings. The molecule has 0 spiro atoms. The monoisotopic (exact) mass is 457 g/mol. The second kappa shape index (κ2) is 14.7. The molecular formula is C22H26F3NO6. The largest absolute Gasteiger partial charge is 0.490 e. The Morgan fingerprint density at radius 1 is 0.875 bits per heavy atom. The van der Waals surface area contributed by atoms with E-state index in [1.54, 1.807) is 0 Å². The van der Waals surface area contributed by atoms with Crippen molar-refractivity contribution in [2.45, 2.75) is 25.4 Å². The molecule has 0 aliphatic carbocycles. The van der Waals surface area contributed by atoms with Gasteiger partial charge in [0.2, 0.25) is 0 Å². The van der Waals surface area contributed by atoms with E-state index in [1.807, 2.05) is 48.5 Å². The molecule has 0 atom stereocenters. The molecule has 0 amide bonds. The number of halogens is 3. The summed E-state index contributed by atoms with van der Waals surface area (Å²) in [6.45, 7) is 2.32. The lowest BCUT2D eigenvalue weighted by atomic mass is 10.1. The number of aryl methyl sites for hydroxylation is 1. The molecule has 0 heterocycles. The fourth-order valence-corrected chi connectivity index (χ4v) is 2.36. The lowest BCUT2D eigenvalue weighted by molar-refractivity contribution is -0.192. The first-order valence-corrected chi connectivity index (χ1v) is 9.80. The number of alkyl halides is 3. The SMILES string of the molecule is O=C(O)C(F)(F)F.O=C(O)CCNCCCc1cccc(OCCOc2ccccc2)c1. The number of carboxylic acid groups (broad SMARTS) is 2. The summed E-state index contributed by atoms with van der Waals surface area (Å²) in [6.07, 6.45) is -3.04. The average molecular weight is 457 g/mol. The zero-order valence-corrected chi connectivity index (χ0v) is 17.3. The molecule has 2 aromatic rings. The Morgan fingerprint density at radius 3 is 2.06 bits per heavy atom. The number of carbonyl (C=O) groups is 2. The number of benzene rings is 2. The summed E-state index contributed by atoms with van der Waals surface area (Å²) in [4.78, 5) is 19.3. The lowest BCUT2D eigenvalue weighted by Crippen LogP contribution is -2.21. The van der Waals surface area contributed by atoms with Crippen LogP contribution >= 0.6 is 0 Å². The van der Waals surface area contributed by atoms with E-state index >= 15 is 0 Å². The first-order chi connectivity index (χ1) is 15.2. The van der Waals surface area contributed by atoms with Gasteiger partial charge in [0.1, 0.15) is 24.7 Å². The van der Waals surface area contributed by atoms with E-state index in [9.17, 15) is 18.0 Å². The molecule has 7 nitrogen and oxygen atoms in total. The van der Waals surface area contributed by atoms with Crippen molar-refractivity contribution < 1.29 is 42.4 Å². The Hall–Kier alpha value is -3.27. The number of para-hydroxylation sites is 1. The first-order valence-electron chi connectivity index (χ1n) is 9.80. The number of aliphatic carboxylic acids is 2. The fourth-order valence-electron chi connectivity index (χ4n) is 2.36. The second-order valence-corrected chi connectivity index (χ2v) is 6.46. The maximum Gasteiger partial charge on any atom is 0.490 e. The van der Waals surface area contributed by atoms with E-state index in [1.165, 1.54) is 5.56 Å². The van der Waals surface area contributed by atoms with Crippen molar-refractivity contribution in [3.8, 4) is 11.5 Å². The molecule has 32 heavy (non-hydrogen) atoms. The van der Waals surface area contributed by atoms with Gasteiger partial charge in [0.15, 0.2) is 0 Å². The van der Waals surface area contributed by atoms with E-state index in [4.69, 9.17) is 24.5 Å². The molecule has 0 saturated carbocycles. The van der Waals surface area contributed by atoms with E-state index in [-0.39, 0.29) is 6.42 Å². The highest BCUT2D eigenvalue weighted by atomic mass is 19.4. The number of nitrogens with one attached hydrogen (secondary N) is 1. The van der Waals surface area contributed by atoms with Gasteiger partial charge in [-0.3, -0.25) is 4.79 Å². The molecule has 2 aromatic carbocycles. The van der Waals surface area contributed by atoms with Gasteiger partial charge < -0.3 is 25.0 Å². The minimum Gasteiger partial charge on any atom is -0.490 e. The summed E-state index contributed by atoms with van der Waals surface area (Å²) >= 11 is 0. The molecule has 0 radical (unpaired) electrons. The third-order valence-corrected chi connectivity index (χ3v) is 3.84. The van der Waals surface area contributed by atoms with Crippen LogP contribution in [0.4, 0.5) is 13.2 Å². The van der Waals surface area contributed by atoms with Gasteiger partial charge >= 0.3 is 18.1 Å². The molecular weight excluding hydrogens is 431 g/mol. The van der Waals surface area contributed by atoms with Crippen molar-refractivity contribution in [2.24, 2.45) is 0 Å². The van der Waals surface area contributed by atoms with Crippen LogP contribution in [-0.2, 0) is 16.0 Å². The van der Waals surface area contributed by atoms with Crippen LogP contribution in [0.2, 0.25) is 0 Å². The highest BCUT2D eigenvalue weighted by molar-refractivity contribution is 5.73. The molecule has 0 unspecified atom stereocenters. The summed E-state index contributed by atoms with van der Waals surface area (Å²) in [6, 6.07) is 17.7. The molecule has 0 bridgehead atoms. The highest BCUT2D eigenvalue weighted by Crippen LogP contribution is 2.15. The molecule has 10 heteroatoms. The van der Waals surface area contributed by atoms with Gasteiger partial charge in [0, 0.05) is 6.54 Å². The Kier molecular flexibility index (Phi) is 12.3. The molecule has 0 saturated heterocycles.